The number of hydrogen-bond acceptors (Lipinski definition) is 1. The molecule has 0 spiro atoms. The molecule has 0 aromatic carbocycles. The van der Waals surface area contributed by atoms with Crippen LogP contribution < -0.4 is 0 Å². The van der Waals surface area contributed by atoms with Crippen molar-refractivity contribution in [1.82, 2.24) is 0 Å². The van der Waals surface area contributed by atoms with Gasteiger partial charge in [-0.15, -0.1) is 6.42 Å². The lowest BCUT2D eigenvalue weighted by molar-refractivity contribution is 0.335. The van der Waals surface area contributed by atoms with Gasteiger partial charge in [-0.25, -0.2) is 0 Å². The molecular formula is C8H10O. The average Bonchev–Trinajstić information content (AvgIpc) is 1.88. The first-order chi connectivity index (χ1) is 4.35. The van der Waals surface area contributed by atoms with E-state index in [1.807, 2.05) is 13.0 Å². The van der Waals surface area contributed by atoms with Gasteiger partial charge in [0.1, 0.15) is 0 Å². The van der Waals surface area contributed by atoms with Crippen molar-refractivity contribution in [3.63, 3.8) is 0 Å². The zero-order chi connectivity index (χ0) is 7.11. The van der Waals surface area contributed by atoms with E-state index in [9.17, 15) is 0 Å². The molecule has 0 amide bonds. The van der Waals surface area contributed by atoms with Crippen LogP contribution in [0.2, 0.25) is 0 Å². The van der Waals surface area contributed by atoms with Crippen LogP contribution in [0.5, 0.6) is 0 Å². The second kappa shape index (κ2) is 5.14. The third kappa shape index (κ3) is 3.57. The second-order valence-corrected chi connectivity index (χ2v) is 1.54. The smallest absolute Gasteiger partial charge is 0.0687 e. The maximum atomic E-state index is 8.57. The van der Waals surface area contributed by atoms with E-state index in [4.69, 9.17) is 11.5 Å². The summed E-state index contributed by atoms with van der Waals surface area (Å²) < 4.78 is 0. The summed E-state index contributed by atoms with van der Waals surface area (Å²) in [5.74, 6) is 2.33. The van der Waals surface area contributed by atoms with Crippen LogP contribution in [0.4, 0.5) is 0 Å². The Hall–Kier alpha value is -1.00. The Labute approximate surface area is 55.7 Å². The van der Waals surface area contributed by atoms with Gasteiger partial charge in [0.15, 0.2) is 0 Å². The summed E-state index contributed by atoms with van der Waals surface area (Å²) in [5, 5.41) is 8.57. The number of allylic oxidation sites excluding steroid dienone is 2. The molecule has 0 rings (SSSR count). The maximum Gasteiger partial charge on any atom is 0.0687 e. The first kappa shape index (κ1) is 8.00. The van der Waals surface area contributed by atoms with Crippen LogP contribution in [0, 0.1) is 12.3 Å². The van der Waals surface area contributed by atoms with E-state index in [0.29, 0.717) is 0 Å². The van der Waals surface area contributed by atoms with Crippen LogP contribution in [-0.4, -0.2) is 11.7 Å². The number of aliphatic hydroxyl groups is 1. The predicted octanol–water partition coefficient (Wildman–Crippen LogP) is 1.11. The zero-order valence-corrected chi connectivity index (χ0v) is 5.46. The molecule has 0 unspecified atom stereocenters. The minimum Gasteiger partial charge on any atom is -0.392 e. The molecule has 1 heteroatoms. The van der Waals surface area contributed by atoms with Crippen LogP contribution in [0.3, 0.4) is 0 Å². The molecule has 0 aliphatic carbocycles. The van der Waals surface area contributed by atoms with Crippen LogP contribution in [-0.2, 0) is 0 Å². The van der Waals surface area contributed by atoms with E-state index in [0.717, 1.165) is 5.57 Å². The van der Waals surface area contributed by atoms with Crippen LogP contribution in [0.15, 0.2) is 23.8 Å². The topological polar surface area (TPSA) is 20.2 Å². The van der Waals surface area contributed by atoms with E-state index < -0.39 is 0 Å². The number of rotatable bonds is 2. The van der Waals surface area contributed by atoms with Gasteiger partial charge in [0.25, 0.3) is 0 Å². The zero-order valence-electron chi connectivity index (χ0n) is 5.46. The Morgan fingerprint density at radius 2 is 2.44 bits per heavy atom. The standard InChI is InChI=1S/C8H10O/c1-3-5-8(7-9)6-4-2/h1,4-6,9H,7H2,2H3/b6-4-,8-5+. The van der Waals surface area contributed by atoms with Gasteiger partial charge in [-0.3, -0.25) is 0 Å². The van der Waals surface area contributed by atoms with Crippen molar-refractivity contribution in [2.45, 2.75) is 6.92 Å². The van der Waals surface area contributed by atoms with Gasteiger partial charge < -0.3 is 5.11 Å². The van der Waals surface area contributed by atoms with Gasteiger partial charge in [0, 0.05) is 0 Å². The van der Waals surface area contributed by atoms with Crippen LogP contribution in [0.25, 0.3) is 0 Å². The summed E-state index contributed by atoms with van der Waals surface area (Å²) in [5.41, 5.74) is 0.764. The SMILES string of the molecule is C#C/C=C(\C=C/C)CO. The number of aliphatic hydroxyl groups excluding tert-OH is 1. The molecule has 9 heavy (non-hydrogen) atoms. The highest BCUT2D eigenvalue weighted by molar-refractivity contribution is 5.26. The number of hydrogen-bond donors (Lipinski definition) is 1. The van der Waals surface area contributed by atoms with Gasteiger partial charge in [0.2, 0.25) is 0 Å². The molecule has 0 saturated carbocycles. The summed E-state index contributed by atoms with van der Waals surface area (Å²) >= 11 is 0. The lowest BCUT2D eigenvalue weighted by atomic mass is 10.2. The highest BCUT2D eigenvalue weighted by Crippen LogP contribution is 1.92. The molecule has 0 heterocycles. The Kier molecular flexibility index (Phi) is 4.57. The Balaban J connectivity index is 4.02. The lowest BCUT2D eigenvalue weighted by Crippen LogP contribution is -1.83. The molecule has 0 saturated heterocycles. The summed E-state index contributed by atoms with van der Waals surface area (Å²) in [7, 11) is 0. The van der Waals surface area contributed by atoms with E-state index in [1.54, 1.807) is 12.2 Å². The summed E-state index contributed by atoms with van der Waals surface area (Å²) in [6, 6.07) is 0. The highest BCUT2D eigenvalue weighted by Gasteiger charge is 1.82. The van der Waals surface area contributed by atoms with Crippen molar-refractivity contribution in [3.8, 4) is 12.3 Å². The van der Waals surface area contributed by atoms with Gasteiger partial charge in [-0.05, 0) is 18.6 Å². The minimum atomic E-state index is 0.00847. The average molecular weight is 122 g/mol. The molecule has 0 aromatic rings. The number of terminal acetylenes is 1. The Morgan fingerprint density at radius 1 is 1.78 bits per heavy atom. The van der Waals surface area contributed by atoms with Gasteiger partial charge in [-0.1, -0.05) is 18.1 Å². The fourth-order valence-corrected chi connectivity index (χ4v) is 0.468. The molecule has 0 atom stereocenters. The van der Waals surface area contributed by atoms with Crippen molar-refractivity contribution in [3.05, 3.63) is 23.8 Å². The monoisotopic (exact) mass is 122 g/mol. The largest absolute Gasteiger partial charge is 0.392 e. The molecule has 0 aromatic heterocycles. The van der Waals surface area contributed by atoms with Crippen molar-refractivity contribution >= 4 is 0 Å². The quantitative estimate of drug-likeness (QED) is 0.429. The molecule has 0 aliphatic rings. The fourth-order valence-electron chi connectivity index (χ4n) is 0.468. The van der Waals surface area contributed by atoms with Crippen molar-refractivity contribution < 1.29 is 5.11 Å². The third-order valence-corrected chi connectivity index (χ3v) is 0.832. The molecule has 0 radical (unpaired) electrons. The Bertz CT molecular complexity index is 158. The Morgan fingerprint density at radius 3 is 2.78 bits per heavy atom. The van der Waals surface area contributed by atoms with Crippen LogP contribution >= 0.6 is 0 Å². The second-order valence-electron chi connectivity index (χ2n) is 1.54. The normalized spacial score (nSPS) is 11.9. The lowest BCUT2D eigenvalue weighted by Gasteiger charge is -1.89. The molecule has 0 aliphatic heterocycles. The molecule has 0 fully saturated rings. The minimum absolute atomic E-state index is 0.00847. The molecular weight excluding hydrogens is 112 g/mol. The highest BCUT2D eigenvalue weighted by atomic mass is 16.3. The van der Waals surface area contributed by atoms with E-state index >= 15 is 0 Å². The molecule has 0 bridgehead atoms. The molecule has 1 nitrogen and oxygen atoms in total. The van der Waals surface area contributed by atoms with Gasteiger partial charge in [-0.2, -0.15) is 0 Å². The summed E-state index contributed by atoms with van der Waals surface area (Å²) in [6.45, 7) is 1.88. The third-order valence-electron chi connectivity index (χ3n) is 0.832. The molecule has 48 valence electrons. The fraction of sp³-hybridized carbons (Fsp3) is 0.250. The van der Waals surface area contributed by atoms with E-state index in [-0.39, 0.29) is 6.61 Å². The predicted molar refractivity (Wildman–Crippen MR) is 38.8 cm³/mol. The van der Waals surface area contributed by atoms with E-state index in [2.05, 4.69) is 5.92 Å². The maximum absolute atomic E-state index is 8.57. The van der Waals surface area contributed by atoms with Crippen molar-refractivity contribution in [2.75, 3.05) is 6.61 Å². The van der Waals surface area contributed by atoms with E-state index in [1.165, 1.54) is 0 Å². The van der Waals surface area contributed by atoms with Crippen LogP contribution in [0.1, 0.15) is 6.92 Å². The summed E-state index contributed by atoms with van der Waals surface area (Å²) in [6.07, 6.45) is 10.1. The van der Waals surface area contributed by atoms with Gasteiger partial charge >= 0.3 is 0 Å². The summed E-state index contributed by atoms with van der Waals surface area (Å²) in [4.78, 5) is 0. The first-order valence-corrected chi connectivity index (χ1v) is 2.74. The van der Waals surface area contributed by atoms with Crippen molar-refractivity contribution in [1.29, 1.82) is 0 Å². The first-order valence-electron chi connectivity index (χ1n) is 2.74. The van der Waals surface area contributed by atoms with Crippen molar-refractivity contribution in [2.24, 2.45) is 0 Å². The molecule has 1 N–H and O–H groups in total. The van der Waals surface area contributed by atoms with Gasteiger partial charge in [0.05, 0.1) is 6.61 Å².